The van der Waals surface area contributed by atoms with Crippen LogP contribution < -0.4 is 0 Å². The van der Waals surface area contributed by atoms with Gasteiger partial charge in [-0.05, 0) is 18.6 Å². The first kappa shape index (κ1) is 19.8. The second-order valence-corrected chi connectivity index (χ2v) is 6.27. The monoisotopic (exact) mass is 386 g/mol. The van der Waals surface area contributed by atoms with Crippen molar-refractivity contribution in [1.82, 2.24) is 4.98 Å². The van der Waals surface area contributed by atoms with Crippen LogP contribution in [0.5, 0.6) is 0 Å². The van der Waals surface area contributed by atoms with Gasteiger partial charge >= 0.3 is 18.0 Å². The summed E-state index contributed by atoms with van der Waals surface area (Å²) in [4.78, 5) is 3.77. The van der Waals surface area contributed by atoms with E-state index in [0.29, 0.717) is 12.2 Å². The van der Waals surface area contributed by atoms with Crippen molar-refractivity contribution in [1.29, 1.82) is 0 Å². The molecule has 25 heavy (non-hydrogen) atoms. The van der Waals surface area contributed by atoms with E-state index in [9.17, 15) is 30.7 Å². The number of rotatable bonds is 2. The fraction of sp³-hybridized carbons (Fsp3) is 0.375. The number of pyridine rings is 1. The smallest absolute Gasteiger partial charge is 0.244 e. The molecular weight excluding hydrogens is 375 g/mol. The largest absolute Gasteiger partial charge is 0.435 e. The molecule has 1 aromatic rings. The lowest BCUT2D eigenvalue weighted by Gasteiger charge is -2.37. The maximum absolute atomic E-state index is 14.4. The molecule has 1 unspecified atom stereocenters. The molecule has 137 valence electrons. The van der Waals surface area contributed by atoms with Crippen LogP contribution in [0.15, 0.2) is 41.6 Å². The van der Waals surface area contributed by atoms with Gasteiger partial charge in [0.05, 0.1) is 0 Å². The molecule has 0 amide bonds. The lowest BCUT2D eigenvalue weighted by molar-refractivity contribution is -0.325. The van der Waals surface area contributed by atoms with Crippen molar-refractivity contribution in [3.63, 3.8) is 0 Å². The quantitative estimate of drug-likeness (QED) is 0.454. The molecule has 0 spiro atoms. The van der Waals surface area contributed by atoms with Crippen molar-refractivity contribution in [2.45, 2.75) is 37.3 Å². The Labute approximate surface area is 144 Å². The van der Waals surface area contributed by atoms with Crippen LogP contribution in [0.2, 0.25) is 5.15 Å². The van der Waals surface area contributed by atoms with Crippen LogP contribution in [0.4, 0.5) is 30.7 Å². The summed E-state index contributed by atoms with van der Waals surface area (Å²) < 4.78 is 92.6. The van der Waals surface area contributed by atoms with Crippen LogP contribution in [0, 0.1) is 6.42 Å². The van der Waals surface area contributed by atoms with Gasteiger partial charge in [0.2, 0.25) is 0 Å². The van der Waals surface area contributed by atoms with E-state index in [1.54, 1.807) is 0 Å². The van der Waals surface area contributed by atoms with Crippen LogP contribution in [0.3, 0.4) is 0 Å². The van der Waals surface area contributed by atoms with E-state index in [4.69, 9.17) is 11.6 Å². The summed E-state index contributed by atoms with van der Waals surface area (Å²) in [5, 5.41) is -0.102. The van der Waals surface area contributed by atoms with Crippen molar-refractivity contribution in [3.05, 3.63) is 58.8 Å². The van der Waals surface area contributed by atoms with E-state index in [2.05, 4.69) is 4.98 Å². The van der Waals surface area contributed by atoms with Gasteiger partial charge < -0.3 is 0 Å². The lowest BCUT2D eigenvalue weighted by Crippen LogP contribution is -2.55. The van der Waals surface area contributed by atoms with Gasteiger partial charge in [-0.1, -0.05) is 42.3 Å². The number of hydrogen-bond acceptors (Lipinski definition) is 1. The molecule has 0 bridgehead atoms. The summed E-state index contributed by atoms with van der Waals surface area (Å²) in [7, 11) is 0. The Balaban J connectivity index is 2.71. The van der Waals surface area contributed by atoms with Gasteiger partial charge in [-0.3, -0.25) is 0 Å². The Morgan fingerprint density at radius 1 is 1.04 bits per heavy atom. The van der Waals surface area contributed by atoms with Gasteiger partial charge in [0.25, 0.3) is 0 Å². The highest BCUT2D eigenvalue weighted by Crippen LogP contribution is 2.53. The van der Waals surface area contributed by atoms with Gasteiger partial charge in [0.1, 0.15) is 5.15 Å². The Hall–Kier alpha value is -1.57. The predicted octanol–water partition coefficient (Wildman–Crippen LogP) is 5.92. The molecule has 0 fully saturated rings. The first-order valence-corrected chi connectivity index (χ1v) is 7.31. The zero-order chi connectivity index (χ0) is 19.3. The average molecular weight is 387 g/mol. The van der Waals surface area contributed by atoms with Crippen molar-refractivity contribution in [3.8, 4) is 0 Å². The van der Waals surface area contributed by atoms with Gasteiger partial charge in [-0.15, -0.1) is 0 Å². The number of alkyl halides is 7. The van der Waals surface area contributed by atoms with E-state index in [0.717, 1.165) is 0 Å². The maximum Gasteiger partial charge on any atom is 0.435 e. The van der Waals surface area contributed by atoms with Crippen LogP contribution >= 0.6 is 11.6 Å². The predicted molar refractivity (Wildman–Crippen MR) is 78.7 cm³/mol. The van der Waals surface area contributed by atoms with Crippen molar-refractivity contribution in [2.24, 2.45) is 0 Å². The van der Waals surface area contributed by atoms with E-state index in [1.165, 1.54) is 38.6 Å². The molecular formula is C16H12ClF7N. The molecule has 0 saturated carbocycles. The summed E-state index contributed by atoms with van der Waals surface area (Å²) in [6.07, 6.45) is -8.52. The van der Waals surface area contributed by atoms with E-state index < -0.39 is 29.0 Å². The SMILES string of the molecule is CC1=CC(C(F)(C(F)(F)F)C(F)(F)F)=CC(C)(c2cccnc2Cl)[CH]1. The molecule has 1 aromatic heterocycles. The van der Waals surface area contributed by atoms with E-state index >= 15 is 0 Å². The minimum Gasteiger partial charge on any atom is -0.244 e. The molecule has 0 saturated heterocycles. The van der Waals surface area contributed by atoms with Crippen LogP contribution in [0.25, 0.3) is 0 Å². The lowest BCUT2D eigenvalue weighted by atomic mass is 9.71. The molecule has 0 N–H and O–H groups in total. The fourth-order valence-corrected chi connectivity index (χ4v) is 3.12. The summed E-state index contributed by atoms with van der Waals surface area (Å²) in [5.74, 6) is 0. The van der Waals surface area contributed by atoms with Crippen molar-refractivity contribution >= 4 is 11.6 Å². The Bertz CT molecular complexity index is 719. The Kier molecular flexibility index (Phi) is 4.74. The number of halogens is 8. The zero-order valence-electron chi connectivity index (χ0n) is 12.9. The standard InChI is InChI=1S/C16H12ClF7N/c1-9-6-10(14(18,15(19,20)21)16(22,23)24)8-13(2,7-9)11-4-3-5-25-12(11)17/h3-8H,1-2H3. The highest BCUT2D eigenvalue weighted by Gasteiger charge is 2.74. The molecule has 1 radical (unpaired) electrons. The minimum absolute atomic E-state index is 0.0374. The van der Waals surface area contributed by atoms with E-state index in [1.807, 2.05) is 0 Å². The van der Waals surface area contributed by atoms with Crippen LogP contribution in [0.1, 0.15) is 19.4 Å². The third kappa shape index (κ3) is 3.28. The molecule has 0 aliphatic heterocycles. The minimum atomic E-state index is -6.18. The number of allylic oxidation sites excluding steroid dienone is 4. The highest BCUT2D eigenvalue weighted by atomic mass is 35.5. The third-order valence-electron chi connectivity index (χ3n) is 3.88. The second kappa shape index (κ2) is 6.00. The normalized spacial score (nSPS) is 22.5. The summed E-state index contributed by atoms with van der Waals surface area (Å²) in [5.41, 5.74) is -8.32. The van der Waals surface area contributed by atoms with Gasteiger partial charge in [-0.25, -0.2) is 9.37 Å². The Morgan fingerprint density at radius 3 is 2.08 bits per heavy atom. The summed E-state index contributed by atoms with van der Waals surface area (Å²) in [6.45, 7) is 2.61. The van der Waals surface area contributed by atoms with E-state index in [-0.39, 0.29) is 16.3 Å². The summed E-state index contributed by atoms with van der Waals surface area (Å²) in [6, 6.07) is 2.83. The van der Waals surface area contributed by atoms with Crippen LogP contribution in [-0.2, 0) is 5.41 Å². The number of nitrogens with zero attached hydrogens (tertiary/aromatic N) is 1. The molecule has 2 rings (SSSR count). The molecule has 9 heteroatoms. The molecule has 0 aromatic carbocycles. The zero-order valence-corrected chi connectivity index (χ0v) is 13.7. The molecule has 1 aliphatic rings. The molecule has 1 atom stereocenters. The van der Waals surface area contributed by atoms with Crippen molar-refractivity contribution < 1.29 is 30.7 Å². The first-order chi connectivity index (χ1) is 11.2. The highest BCUT2D eigenvalue weighted by molar-refractivity contribution is 6.30. The van der Waals surface area contributed by atoms with Crippen LogP contribution in [-0.4, -0.2) is 23.0 Å². The topological polar surface area (TPSA) is 12.9 Å². The second-order valence-electron chi connectivity index (χ2n) is 5.91. The number of aromatic nitrogens is 1. The Morgan fingerprint density at radius 2 is 1.60 bits per heavy atom. The summed E-state index contributed by atoms with van der Waals surface area (Å²) >= 11 is 5.92. The third-order valence-corrected chi connectivity index (χ3v) is 4.19. The van der Waals surface area contributed by atoms with Crippen molar-refractivity contribution in [2.75, 3.05) is 0 Å². The maximum atomic E-state index is 14.4. The average Bonchev–Trinajstić information content (AvgIpc) is 2.43. The fourth-order valence-electron chi connectivity index (χ4n) is 2.80. The first-order valence-electron chi connectivity index (χ1n) is 6.93. The number of hydrogen-bond donors (Lipinski definition) is 0. The van der Waals surface area contributed by atoms with Gasteiger partial charge in [0, 0.05) is 23.6 Å². The molecule has 1 aliphatic carbocycles. The van der Waals surface area contributed by atoms with Gasteiger partial charge in [0.15, 0.2) is 0 Å². The van der Waals surface area contributed by atoms with Gasteiger partial charge in [-0.2, -0.15) is 26.3 Å². The molecule has 1 heterocycles. The molecule has 1 nitrogen and oxygen atoms in total.